The van der Waals surface area contributed by atoms with Gasteiger partial charge in [-0.05, 0) is 36.8 Å². The molecule has 1 N–H and O–H groups in total. The number of nitrogens with one attached hydrogen (secondary N) is 1. The van der Waals surface area contributed by atoms with Crippen molar-refractivity contribution < 1.29 is 14.3 Å². The molecule has 6 nitrogen and oxygen atoms in total. The van der Waals surface area contributed by atoms with Crippen molar-refractivity contribution in [2.45, 2.75) is 18.4 Å². The lowest BCUT2D eigenvalue weighted by Crippen LogP contribution is -2.25. The number of thioether (sulfide) groups is 1. The van der Waals surface area contributed by atoms with Crippen LogP contribution in [0.3, 0.4) is 0 Å². The lowest BCUT2D eigenvalue weighted by atomic mass is 10.1. The molecule has 0 radical (unpaired) electrons. The van der Waals surface area contributed by atoms with Crippen molar-refractivity contribution in [1.82, 2.24) is 15.5 Å². The Labute approximate surface area is 138 Å². The van der Waals surface area contributed by atoms with Gasteiger partial charge in [0.25, 0.3) is 0 Å². The number of benzene rings is 1. The average Bonchev–Trinajstić information content (AvgIpc) is 3.06. The molecule has 1 aromatic carbocycles. The van der Waals surface area contributed by atoms with Gasteiger partial charge in [-0.25, -0.2) is 0 Å². The third kappa shape index (κ3) is 3.92. The number of rotatable bonds is 6. The average molecular weight is 331 g/mol. The molecular formula is C16H17N3O3S. The third-order valence-electron chi connectivity index (χ3n) is 3.23. The van der Waals surface area contributed by atoms with Crippen LogP contribution < -0.4 is 14.8 Å². The van der Waals surface area contributed by atoms with E-state index in [0.29, 0.717) is 12.3 Å². The SMILES string of the molecule is CCCNC(=O)CSc1ccc(-c2ccc3c(c2)OCO3)nn1. The van der Waals surface area contributed by atoms with Gasteiger partial charge in [0.15, 0.2) is 11.5 Å². The molecule has 120 valence electrons. The number of ether oxygens (including phenoxy) is 2. The summed E-state index contributed by atoms with van der Waals surface area (Å²) < 4.78 is 10.7. The van der Waals surface area contributed by atoms with Crippen LogP contribution in [0.4, 0.5) is 0 Å². The number of fused-ring (bicyclic) bond motifs is 1. The number of hydrogen-bond donors (Lipinski definition) is 1. The molecule has 0 saturated carbocycles. The van der Waals surface area contributed by atoms with Gasteiger partial charge >= 0.3 is 0 Å². The first kappa shape index (κ1) is 15.6. The van der Waals surface area contributed by atoms with Crippen molar-refractivity contribution in [2.24, 2.45) is 0 Å². The van der Waals surface area contributed by atoms with Crippen LogP contribution in [0.5, 0.6) is 11.5 Å². The van der Waals surface area contributed by atoms with Crippen molar-refractivity contribution in [3.05, 3.63) is 30.3 Å². The first-order valence-corrected chi connectivity index (χ1v) is 8.38. The summed E-state index contributed by atoms with van der Waals surface area (Å²) in [4.78, 5) is 11.6. The molecular weight excluding hydrogens is 314 g/mol. The third-order valence-corrected chi connectivity index (χ3v) is 4.15. The van der Waals surface area contributed by atoms with Crippen molar-refractivity contribution in [2.75, 3.05) is 19.1 Å². The molecule has 1 aliphatic rings. The predicted octanol–water partition coefficient (Wildman–Crippen LogP) is 2.49. The maximum Gasteiger partial charge on any atom is 0.231 e. The van der Waals surface area contributed by atoms with E-state index in [2.05, 4.69) is 15.5 Å². The molecule has 3 rings (SSSR count). The molecule has 2 heterocycles. The van der Waals surface area contributed by atoms with E-state index in [4.69, 9.17) is 9.47 Å². The molecule has 23 heavy (non-hydrogen) atoms. The highest BCUT2D eigenvalue weighted by molar-refractivity contribution is 7.99. The van der Waals surface area contributed by atoms with E-state index < -0.39 is 0 Å². The lowest BCUT2D eigenvalue weighted by Gasteiger charge is -2.04. The van der Waals surface area contributed by atoms with E-state index in [9.17, 15) is 4.79 Å². The molecule has 0 atom stereocenters. The van der Waals surface area contributed by atoms with Crippen LogP contribution in [0.2, 0.25) is 0 Å². The summed E-state index contributed by atoms with van der Waals surface area (Å²) in [5, 5.41) is 11.9. The van der Waals surface area contributed by atoms with E-state index in [-0.39, 0.29) is 12.7 Å². The Bertz CT molecular complexity index is 691. The van der Waals surface area contributed by atoms with E-state index in [0.717, 1.165) is 34.2 Å². The van der Waals surface area contributed by atoms with Gasteiger partial charge in [0, 0.05) is 12.1 Å². The standard InChI is InChI=1S/C16H17N3O3S/c1-2-7-17-15(20)9-23-16-6-4-12(18-19-16)11-3-5-13-14(8-11)22-10-21-13/h3-6,8H,2,7,9-10H2,1H3,(H,17,20). The largest absolute Gasteiger partial charge is 0.454 e. The molecule has 2 aromatic rings. The first-order valence-electron chi connectivity index (χ1n) is 7.39. The Morgan fingerprint density at radius 2 is 2.09 bits per heavy atom. The Balaban J connectivity index is 1.62. The molecule has 1 aliphatic heterocycles. The van der Waals surface area contributed by atoms with E-state index in [1.54, 1.807) is 0 Å². The van der Waals surface area contributed by atoms with E-state index >= 15 is 0 Å². The highest BCUT2D eigenvalue weighted by Gasteiger charge is 2.14. The van der Waals surface area contributed by atoms with E-state index in [1.165, 1.54) is 11.8 Å². The zero-order chi connectivity index (χ0) is 16.1. The van der Waals surface area contributed by atoms with Crippen molar-refractivity contribution in [3.63, 3.8) is 0 Å². The molecule has 0 fully saturated rings. The highest BCUT2D eigenvalue weighted by Crippen LogP contribution is 2.35. The number of carbonyl (C=O) groups is 1. The topological polar surface area (TPSA) is 73.3 Å². The molecule has 1 aromatic heterocycles. The Hall–Kier alpha value is -2.28. The van der Waals surface area contributed by atoms with Gasteiger partial charge in [-0.2, -0.15) is 0 Å². The lowest BCUT2D eigenvalue weighted by molar-refractivity contribution is -0.118. The summed E-state index contributed by atoms with van der Waals surface area (Å²) in [6, 6.07) is 9.42. The minimum atomic E-state index is 0.0125. The van der Waals surface area contributed by atoms with Crippen LogP contribution >= 0.6 is 11.8 Å². The van der Waals surface area contributed by atoms with Crippen LogP contribution in [-0.4, -0.2) is 35.2 Å². The summed E-state index contributed by atoms with van der Waals surface area (Å²) in [7, 11) is 0. The van der Waals surface area contributed by atoms with Crippen LogP contribution in [0.25, 0.3) is 11.3 Å². The summed E-state index contributed by atoms with van der Waals surface area (Å²) in [6.07, 6.45) is 0.931. The van der Waals surface area contributed by atoms with E-state index in [1.807, 2.05) is 37.3 Å². The fourth-order valence-electron chi connectivity index (χ4n) is 2.06. The minimum absolute atomic E-state index is 0.0125. The highest BCUT2D eigenvalue weighted by atomic mass is 32.2. The molecule has 7 heteroatoms. The molecule has 0 aliphatic carbocycles. The second kappa shape index (κ2) is 7.32. The van der Waals surface area contributed by atoms with Crippen LogP contribution in [0.15, 0.2) is 35.4 Å². The van der Waals surface area contributed by atoms with Gasteiger partial charge in [-0.1, -0.05) is 18.7 Å². The Kier molecular flexibility index (Phi) is 4.97. The normalized spacial score (nSPS) is 12.2. The number of hydrogen-bond acceptors (Lipinski definition) is 6. The van der Waals surface area contributed by atoms with Crippen LogP contribution in [0.1, 0.15) is 13.3 Å². The maximum atomic E-state index is 11.6. The van der Waals surface area contributed by atoms with Crippen molar-refractivity contribution in [3.8, 4) is 22.8 Å². The van der Waals surface area contributed by atoms with Gasteiger partial charge in [0.1, 0.15) is 5.03 Å². The van der Waals surface area contributed by atoms with Gasteiger partial charge < -0.3 is 14.8 Å². The van der Waals surface area contributed by atoms with Gasteiger partial charge in [0.2, 0.25) is 12.7 Å². The van der Waals surface area contributed by atoms with Gasteiger partial charge in [-0.15, -0.1) is 10.2 Å². The van der Waals surface area contributed by atoms with Crippen LogP contribution in [0, 0.1) is 0 Å². The number of aromatic nitrogens is 2. The zero-order valence-corrected chi connectivity index (χ0v) is 13.6. The predicted molar refractivity (Wildman–Crippen MR) is 87.6 cm³/mol. The zero-order valence-electron chi connectivity index (χ0n) is 12.7. The summed E-state index contributed by atoms with van der Waals surface area (Å²) in [5.41, 5.74) is 1.67. The summed E-state index contributed by atoms with van der Waals surface area (Å²) in [6.45, 7) is 2.97. The summed E-state index contributed by atoms with van der Waals surface area (Å²) >= 11 is 1.37. The number of amides is 1. The van der Waals surface area contributed by atoms with Gasteiger partial charge in [-0.3, -0.25) is 4.79 Å². The fraction of sp³-hybridized carbons (Fsp3) is 0.312. The minimum Gasteiger partial charge on any atom is -0.454 e. The van der Waals surface area contributed by atoms with Crippen LogP contribution in [-0.2, 0) is 4.79 Å². The molecule has 0 unspecified atom stereocenters. The Morgan fingerprint density at radius 3 is 2.87 bits per heavy atom. The first-order chi connectivity index (χ1) is 11.3. The molecule has 0 bridgehead atoms. The maximum absolute atomic E-state index is 11.6. The van der Waals surface area contributed by atoms with Gasteiger partial charge in [0.05, 0.1) is 11.4 Å². The second-order valence-electron chi connectivity index (χ2n) is 4.96. The summed E-state index contributed by atoms with van der Waals surface area (Å²) in [5.74, 6) is 1.82. The van der Waals surface area contributed by atoms with Crippen molar-refractivity contribution >= 4 is 17.7 Å². The number of carbonyl (C=O) groups excluding carboxylic acids is 1. The smallest absolute Gasteiger partial charge is 0.231 e. The molecule has 1 amide bonds. The monoisotopic (exact) mass is 331 g/mol. The second-order valence-corrected chi connectivity index (χ2v) is 5.96. The number of nitrogens with zero attached hydrogens (tertiary/aromatic N) is 2. The molecule has 0 saturated heterocycles. The Morgan fingerprint density at radius 1 is 1.22 bits per heavy atom. The van der Waals surface area contributed by atoms with Crippen molar-refractivity contribution in [1.29, 1.82) is 0 Å². The molecule has 0 spiro atoms. The quantitative estimate of drug-likeness (QED) is 0.820. The fourth-order valence-corrected chi connectivity index (χ4v) is 2.71.